The summed E-state index contributed by atoms with van der Waals surface area (Å²) in [6, 6.07) is 0.402. The highest BCUT2D eigenvalue weighted by Gasteiger charge is 2.24. The molecule has 7 nitrogen and oxygen atoms in total. The van der Waals surface area contributed by atoms with Gasteiger partial charge in [-0.15, -0.1) is 5.10 Å². The molecule has 1 aromatic heterocycles. The van der Waals surface area contributed by atoms with Crippen molar-refractivity contribution in [3.63, 3.8) is 0 Å². The van der Waals surface area contributed by atoms with Crippen molar-refractivity contribution < 1.29 is 9.21 Å². The van der Waals surface area contributed by atoms with Crippen molar-refractivity contribution in [2.45, 2.75) is 39.2 Å². The molecule has 1 amide bonds. The molecule has 0 spiro atoms. The van der Waals surface area contributed by atoms with Crippen LogP contribution < -0.4 is 11.1 Å². The van der Waals surface area contributed by atoms with Crippen LogP contribution in [0.2, 0.25) is 0 Å². The van der Waals surface area contributed by atoms with E-state index in [9.17, 15) is 4.79 Å². The summed E-state index contributed by atoms with van der Waals surface area (Å²) in [4.78, 5) is 14.0. The van der Waals surface area contributed by atoms with E-state index in [4.69, 9.17) is 10.2 Å². The zero-order valence-corrected chi connectivity index (χ0v) is 12.3. The Balaban J connectivity index is 1.83. The van der Waals surface area contributed by atoms with E-state index in [0.717, 1.165) is 19.5 Å². The molecule has 1 aliphatic heterocycles. The van der Waals surface area contributed by atoms with E-state index in [1.807, 2.05) is 13.8 Å². The third kappa shape index (κ3) is 3.77. The second-order valence-electron chi connectivity index (χ2n) is 5.81. The summed E-state index contributed by atoms with van der Waals surface area (Å²) in [7, 11) is 0. The lowest BCUT2D eigenvalue weighted by atomic mass is 9.95. The highest BCUT2D eigenvalue weighted by Crippen LogP contribution is 2.16. The summed E-state index contributed by atoms with van der Waals surface area (Å²) in [5.41, 5.74) is 5.97. The van der Waals surface area contributed by atoms with Crippen LogP contribution in [0.25, 0.3) is 0 Å². The first-order valence-electron chi connectivity index (χ1n) is 7.07. The number of rotatable bonds is 4. The van der Waals surface area contributed by atoms with E-state index in [-0.39, 0.29) is 23.9 Å². The number of carbonyl (C=O) groups excluding carboxylic acids is 1. The van der Waals surface area contributed by atoms with Crippen molar-refractivity contribution in [2.75, 3.05) is 25.0 Å². The predicted octanol–water partition coefficient (Wildman–Crippen LogP) is 0.801. The summed E-state index contributed by atoms with van der Waals surface area (Å²) >= 11 is 0. The van der Waals surface area contributed by atoms with Crippen LogP contribution in [0.5, 0.6) is 0 Å². The van der Waals surface area contributed by atoms with Gasteiger partial charge in [0.1, 0.15) is 0 Å². The van der Waals surface area contributed by atoms with E-state index < -0.39 is 0 Å². The molecule has 2 heterocycles. The summed E-state index contributed by atoms with van der Waals surface area (Å²) in [6.07, 6.45) is 0.923. The standard InChI is InChI=1S/C13H23N5O2/c1-8(2)12-16-17-13(20-12)15-11(19)7-18-5-4-10(14)9(3)6-18/h8-10H,4-7,14H2,1-3H3,(H,15,17,19). The number of nitrogens with two attached hydrogens (primary N) is 1. The summed E-state index contributed by atoms with van der Waals surface area (Å²) in [5, 5.41) is 10.3. The second kappa shape index (κ2) is 6.32. The Morgan fingerprint density at radius 1 is 1.55 bits per heavy atom. The zero-order valence-electron chi connectivity index (χ0n) is 12.3. The fourth-order valence-electron chi connectivity index (χ4n) is 2.27. The van der Waals surface area contributed by atoms with Gasteiger partial charge in [0.25, 0.3) is 0 Å². The number of hydrogen-bond acceptors (Lipinski definition) is 6. The minimum atomic E-state index is -0.133. The Kier molecular flexibility index (Phi) is 4.72. The number of piperidine rings is 1. The molecule has 1 aliphatic rings. The molecule has 112 valence electrons. The summed E-state index contributed by atoms with van der Waals surface area (Å²) in [6.45, 7) is 8.04. The third-order valence-corrected chi connectivity index (χ3v) is 3.60. The minimum absolute atomic E-state index is 0.133. The number of amides is 1. The van der Waals surface area contributed by atoms with Gasteiger partial charge in [0, 0.05) is 25.0 Å². The van der Waals surface area contributed by atoms with Crippen LogP contribution in [0.1, 0.15) is 39.0 Å². The molecule has 3 N–H and O–H groups in total. The van der Waals surface area contributed by atoms with Gasteiger partial charge < -0.3 is 10.2 Å². The van der Waals surface area contributed by atoms with Crippen LogP contribution in [0.4, 0.5) is 6.01 Å². The van der Waals surface area contributed by atoms with Crippen LogP contribution in [-0.4, -0.2) is 46.7 Å². The number of aromatic nitrogens is 2. The van der Waals surface area contributed by atoms with Gasteiger partial charge in [-0.2, -0.15) is 0 Å². The van der Waals surface area contributed by atoms with Gasteiger partial charge in [0.2, 0.25) is 11.8 Å². The first-order valence-corrected chi connectivity index (χ1v) is 7.07. The van der Waals surface area contributed by atoms with Gasteiger partial charge in [-0.05, 0) is 12.3 Å². The molecular formula is C13H23N5O2. The van der Waals surface area contributed by atoms with Crippen molar-refractivity contribution in [3.8, 4) is 0 Å². The zero-order chi connectivity index (χ0) is 14.7. The average Bonchev–Trinajstić information content (AvgIpc) is 2.82. The first-order chi connectivity index (χ1) is 9.45. The van der Waals surface area contributed by atoms with Crippen LogP contribution in [0.3, 0.4) is 0 Å². The molecule has 20 heavy (non-hydrogen) atoms. The average molecular weight is 281 g/mol. The van der Waals surface area contributed by atoms with E-state index in [0.29, 0.717) is 18.4 Å². The molecule has 0 bridgehead atoms. The Morgan fingerprint density at radius 2 is 2.30 bits per heavy atom. The molecule has 1 saturated heterocycles. The molecule has 0 aromatic carbocycles. The second-order valence-corrected chi connectivity index (χ2v) is 5.81. The highest BCUT2D eigenvalue weighted by atomic mass is 16.4. The van der Waals surface area contributed by atoms with Crippen molar-refractivity contribution in [1.82, 2.24) is 15.1 Å². The molecule has 0 saturated carbocycles. The Morgan fingerprint density at radius 3 is 2.90 bits per heavy atom. The Bertz CT molecular complexity index is 459. The third-order valence-electron chi connectivity index (χ3n) is 3.60. The number of nitrogens with one attached hydrogen (secondary N) is 1. The monoisotopic (exact) mass is 281 g/mol. The van der Waals surface area contributed by atoms with Crippen LogP contribution >= 0.6 is 0 Å². The van der Waals surface area contributed by atoms with Gasteiger partial charge in [-0.1, -0.05) is 25.9 Å². The molecule has 7 heteroatoms. The molecule has 2 atom stereocenters. The van der Waals surface area contributed by atoms with Crippen molar-refractivity contribution in [2.24, 2.45) is 11.7 Å². The maximum absolute atomic E-state index is 11.9. The minimum Gasteiger partial charge on any atom is -0.408 e. The van der Waals surface area contributed by atoms with Gasteiger partial charge >= 0.3 is 6.01 Å². The fourth-order valence-corrected chi connectivity index (χ4v) is 2.27. The van der Waals surface area contributed by atoms with Crippen molar-refractivity contribution in [3.05, 3.63) is 5.89 Å². The fraction of sp³-hybridized carbons (Fsp3) is 0.769. The van der Waals surface area contributed by atoms with Gasteiger partial charge in [-0.25, -0.2) is 0 Å². The first kappa shape index (κ1) is 14.9. The summed E-state index contributed by atoms with van der Waals surface area (Å²) < 4.78 is 5.35. The smallest absolute Gasteiger partial charge is 0.322 e. The highest BCUT2D eigenvalue weighted by molar-refractivity contribution is 5.90. The lowest BCUT2D eigenvalue weighted by Gasteiger charge is -2.34. The predicted molar refractivity (Wildman–Crippen MR) is 75.2 cm³/mol. The topological polar surface area (TPSA) is 97.3 Å². The maximum atomic E-state index is 11.9. The van der Waals surface area contributed by atoms with Gasteiger partial charge in [-0.3, -0.25) is 15.0 Å². The lowest BCUT2D eigenvalue weighted by Crippen LogP contribution is -2.48. The van der Waals surface area contributed by atoms with Crippen molar-refractivity contribution in [1.29, 1.82) is 0 Å². The molecular weight excluding hydrogens is 258 g/mol. The van der Waals surface area contributed by atoms with Crippen LogP contribution in [0.15, 0.2) is 4.42 Å². The molecule has 1 aromatic rings. The number of likely N-dealkylation sites (tertiary alicyclic amines) is 1. The lowest BCUT2D eigenvalue weighted by molar-refractivity contribution is -0.117. The molecule has 2 unspecified atom stereocenters. The summed E-state index contributed by atoms with van der Waals surface area (Å²) in [5.74, 6) is 0.953. The Labute approximate surface area is 118 Å². The normalized spacial score (nSPS) is 24.1. The Hall–Kier alpha value is -1.47. The molecule has 2 rings (SSSR count). The van der Waals surface area contributed by atoms with E-state index >= 15 is 0 Å². The van der Waals surface area contributed by atoms with Crippen LogP contribution in [-0.2, 0) is 4.79 Å². The molecule has 1 fully saturated rings. The van der Waals surface area contributed by atoms with E-state index in [1.165, 1.54) is 0 Å². The van der Waals surface area contributed by atoms with Crippen molar-refractivity contribution >= 4 is 11.9 Å². The number of hydrogen-bond donors (Lipinski definition) is 2. The SMILES string of the molecule is CC(C)c1nnc(NC(=O)CN2CCC(N)C(C)C2)o1. The maximum Gasteiger partial charge on any atom is 0.322 e. The number of nitrogens with zero attached hydrogens (tertiary/aromatic N) is 3. The van der Waals surface area contributed by atoms with Crippen LogP contribution in [0, 0.1) is 5.92 Å². The molecule has 0 aliphatic carbocycles. The number of anilines is 1. The van der Waals surface area contributed by atoms with Gasteiger partial charge in [0.15, 0.2) is 0 Å². The largest absolute Gasteiger partial charge is 0.408 e. The molecule has 0 radical (unpaired) electrons. The van der Waals surface area contributed by atoms with Gasteiger partial charge in [0.05, 0.1) is 6.54 Å². The van der Waals surface area contributed by atoms with E-state index in [2.05, 4.69) is 27.3 Å². The number of carbonyl (C=O) groups is 1. The van der Waals surface area contributed by atoms with E-state index in [1.54, 1.807) is 0 Å². The quantitative estimate of drug-likeness (QED) is 0.847.